The molecule has 6 nitrogen and oxygen atoms in total. The molecule has 1 aromatic heterocycles. The van der Waals surface area contributed by atoms with Crippen molar-refractivity contribution in [2.24, 2.45) is 0 Å². The van der Waals surface area contributed by atoms with Crippen molar-refractivity contribution in [3.05, 3.63) is 65.8 Å². The predicted octanol–water partition coefficient (Wildman–Crippen LogP) is 3.37. The first-order valence-corrected chi connectivity index (χ1v) is 8.89. The van der Waals surface area contributed by atoms with Crippen LogP contribution in [0.1, 0.15) is 11.5 Å². The van der Waals surface area contributed by atoms with Crippen molar-refractivity contribution in [3.63, 3.8) is 0 Å². The van der Waals surface area contributed by atoms with Crippen molar-refractivity contribution in [2.75, 3.05) is 0 Å². The van der Waals surface area contributed by atoms with E-state index in [9.17, 15) is 26.0 Å². The first-order valence-electron chi connectivity index (χ1n) is 7.40. The lowest BCUT2D eigenvalue weighted by Crippen LogP contribution is -2.23. The van der Waals surface area contributed by atoms with Gasteiger partial charge in [0.1, 0.15) is 5.82 Å². The zero-order valence-electron chi connectivity index (χ0n) is 13.4. The highest BCUT2D eigenvalue weighted by Crippen LogP contribution is 2.29. The molecule has 1 heterocycles. The minimum Gasteiger partial charge on any atom is -0.329 e. The van der Waals surface area contributed by atoms with E-state index >= 15 is 0 Å². The molecule has 11 heteroatoms. The molecule has 0 radical (unpaired) electrons. The van der Waals surface area contributed by atoms with Gasteiger partial charge in [-0.15, -0.1) is 0 Å². The smallest absolute Gasteiger partial charge is 0.329 e. The summed E-state index contributed by atoms with van der Waals surface area (Å²) in [5.41, 5.74) is 0.685. The molecule has 0 fully saturated rings. The molecule has 0 aliphatic heterocycles. The van der Waals surface area contributed by atoms with E-state index in [-0.39, 0.29) is 22.8 Å². The standard InChI is InChI=1S/C16H11F4N3O3S/c17-12-4-6-13(7-5-12)27(24,25)21-9-10-2-1-3-11(8-10)14-22-15(26-23-14)16(18,19)20/h1-8,21H,9H2. The van der Waals surface area contributed by atoms with Gasteiger partial charge in [-0.25, -0.2) is 17.5 Å². The average Bonchev–Trinajstić information content (AvgIpc) is 3.11. The van der Waals surface area contributed by atoms with Gasteiger partial charge in [0, 0.05) is 12.1 Å². The number of nitrogens with one attached hydrogen (secondary N) is 1. The van der Waals surface area contributed by atoms with Crippen molar-refractivity contribution in [2.45, 2.75) is 17.6 Å². The molecule has 0 unspecified atom stereocenters. The average molecular weight is 401 g/mol. The van der Waals surface area contributed by atoms with Gasteiger partial charge >= 0.3 is 12.1 Å². The number of sulfonamides is 1. The predicted molar refractivity (Wildman–Crippen MR) is 85.2 cm³/mol. The largest absolute Gasteiger partial charge is 0.471 e. The molecule has 0 amide bonds. The van der Waals surface area contributed by atoms with Gasteiger partial charge in [-0.3, -0.25) is 0 Å². The minimum atomic E-state index is -4.76. The lowest BCUT2D eigenvalue weighted by atomic mass is 10.1. The van der Waals surface area contributed by atoms with Crippen molar-refractivity contribution >= 4 is 10.0 Å². The Morgan fingerprint density at radius 3 is 2.41 bits per heavy atom. The fourth-order valence-electron chi connectivity index (χ4n) is 2.15. The Kier molecular flexibility index (Phi) is 4.98. The normalized spacial score (nSPS) is 12.3. The second kappa shape index (κ2) is 7.08. The zero-order valence-corrected chi connectivity index (χ0v) is 14.2. The van der Waals surface area contributed by atoms with E-state index in [1.165, 1.54) is 18.2 Å². The molecule has 0 saturated heterocycles. The van der Waals surface area contributed by atoms with Crippen LogP contribution >= 0.6 is 0 Å². The van der Waals surface area contributed by atoms with E-state index in [4.69, 9.17) is 0 Å². The maximum atomic E-state index is 12.9. The Labute approximate surface area is 150 Å². The first-order chi connectivity index (χ1) is 12.6. The summed E-state index contributed by atoms with van der Waals surface area (Å²) in [4.78, 5) is 3.16. The summed E-state index contributed by atoms with van der Waals surface area (Å²) in [6.45, 7) is -0.141. The summed E-state index contributed by atoms with van der Waals surface area (Å²) < 4.78 is 81.4. The number of nitrogens with zero attached hydrogens (tertiary/aromatic N) is 2. The zero-order chi connectivity index (χ0) is 19.7. The summed E-state index contributed by atoms with van der Waals surface area (Å²) in [6, 6.07) is 10.2. The van der Waals surface area contributed by atoms with Crippen LogP contribution in [-0.4, -0.2) is 18.6 Å². The van der Waals surface area contributed by atoms with E-state index < -0.39 is 27.9 Å². The van der Waals surface area contributed by atoms with Crippen LogP contribution in [-0.2, 0) is 22.7 Å². The van der Waals surface area contributed by atoms with Crippen LogP contribution in [0.15, 0.2) is 57.9 Å². The van der Waals surface area contributed by atoms with Crippen LogP contribution < -0.4 is 4.72 Å². The van der Waals surface area contributed by atoms with Crippen molar-refractivity contribution in [1.82, 2.24) is 14.9 Å². The minimum absolute atomic E-state index is 0.118. The second-order valence-corrected chi connectivity index (χ2v) is 7.17. The van der Waals surface area contributed by atoms with E-state index in [1.807, 2.05) is 0 Å². The fraction of sp³-hybridized carbons (Fsp3) is 0.125. The van der Waals surface area contributed by atoms with Gasteiger partial charge in [0.25, 0.3) is 0 Å². The summed E-state index contributed by atoms with van der Waals surface area (Å²) in [5, 5.41) is 3.28. The lowest BCUT2D eigenvalue weighted by Gasteiger charge is -2.07. The van der Waals surface area contributed by atoms with E-state index in [0.717, 1.165) is 24.3 Å². The molecule has 0 aliphatic carbocycles. The molecule has 2 aromatic carbocycles. The Bertz CT molecular complexity index is 1050. The monoisotopic (exact) mass is 401 g/mol. The highest BCUT2D eigenvalue weighted by molar-refractivity contribution is 7.89. The quantitative estimate of drug-likeness (QED) is 0.663. The topological polar surface area (TPSA) is 85.1 Å². The first kappa shape index (κ1) is 19.0. The summed E-state index contributed by atoms with van der Waals surface area (Å²) in [7, 11) is -3.88. The molecule has 27 heavy (non-hydrogen) atoms. The Morgan fingerprint density at radius 2 is 1.78 bits per heavy atom. The van der Waals surface area contributed by atoms with Crippen molar-refractivity contribution in [1.29, 1.82) is 0 Å². The highest BCUT2D eigenvalue weighted by atomic mass is 32.2. The van der Waals surface area contributed by atoms with Crippen LogP contribution in [0.5, 0.6) is 0 Å². The van der Waals surface area contributed by atoms with Gasteiger partial charge in [-0.05, 0) is 35.9 Å². The molecule has 3 aromatic rings. The van der Waals surface area contributed by atoms with Crippen molar-refractivity contribution < 1.29 is 30.5 Å². The SMILES string of the molecule is O=S(=O)(NCc1cccc(-c2noc(C(F)(F)F)n2)c1)c1ccc(F)cc1. The third kappa shape index (κ3) is 4.49. The van der Waals surface area contributed by atoms with Crippen LogP contribution in [0.4, 0.5) is 17.6 Å². The Balaban J connectivity index is 1.76. The number of alkyl halides is 3. The number of benzene rings is 2. The lowest BCUT2D eigenvalue weighted by molar-refractivity contribution is -0.159. The van der Waals surface area contributed by atoms with Crippen LogP contribution in [0, 0.1) is 5.82 Å². The third-order valence-corrected chi connectivity index (χ3v) is 4.86. The van der Waals surface area contributed by atoms with Crippen LogP contribution in [0.2, 0.25) is 0 Å². The number of hydrogen-bond acceptors (Lipinski definition) is 5. The Morgan fingerprint density at radius 1 is 1.07 bits per heavy atom. The van der Waals surface area contributed by atoms with Gasteiger partial charge in [-0.2, -0.15) is 18.2 Å². The van der Waals surface area contributed by atoms with Gasteiger partial charge < -0.3 is 4.52 Å². The van der Waals surface area contributed by atoms with Gasteiger partial charge in [0.2, 0.25) is 15.8 Å². The summed E-state index contributed by atoms with van der Waals surface area (Å²) >= 11 is 0. The molecule has 1 N–H and O–H groups in total. The molecule has 0 aliphatic rings. The maximum Gasteiger partial charge on any atom is 0.471 e. The maximum absolute atomic E-state index is 12.9. The number of hydrogen-bond donors (Lipinski definition) is 1. The Hall–Kier alpha value is -2.79. The van der Waals surface area contributed by atoms with E-state index in [2.05, 4.69) is 19.4 Å². The molecule has 0 spiro atoms. The summed E-state index contributed by atoms with van der Waals surface area (Å²) in [6.07, 6.45) is -4.76. The van der Waals surface area contributed by atoms with E-state index in [1.54, 1.807) is 6.07 Å². The molecular formula is C16H11F4N3O3S. The molecule has 0 atom stereocenters. The van der Waals surface area contributed by atoms with Crippen molar-refractivity contribution in [3.8, 4) is 11.4 Å². The van der Waals surface area contributed by atoms with Gasteiger partial charge in [0.15, 0.2) is 0 Å². The fourth-order valence-corrected chi connectivity index (χ4v) is 3.17. The number of halogens is 4. The van der Waals surface area contributed by atoms with Crippen LogP contribution in [0.25, 0.3) is 11.4 Å². The van der Waals surface area contributed by atoms with Crippen LogP contribution in [0.3, 0.4) is 0 Å². The third-order valence-electron chi connectivity index (χ3n) is 3.44. The molecule has 0 saturated carbocycles. The highest BCUT2D eigenvalue weighted by Gasteiger charge is 2.38. The molecular weight excluding hydrogens is 390 g/mol. The molecule has 142 valence electrons. The van der Waals surface area contributed by atoms with Gasteiger partial charge in [-0.1, -0.05) is 23.4 Å². The molecule has 3 rings (SSSR count). The molecule has 0 bridgehead atoms. The van der Waals surface area contributed by atoms with Gasteiger partial charge in [0.05, 0.1) is 4.90 Å². The second-order valence-electron chi connectivity index (χ2n) is 5.40. The summed E-state index contributed by atoms with van der Waals surface area (Å²) in [5.74, 6) is -2.31. The van der Waals surface area contributed by atoms with E-state index in [0.29, 0.717) is 5.56 Å². The number of aromatic nitrogens is 2. The number of rotatable bonds is 5.